The Labute approximate surface area is 166 Å². The van der Waals surface area contributed by atoms with E-state index in [0.717, 1.165) is 15.8 Å². The maximum atomic E-state index is 12.3. The fraction of sp³-hybridized carbons (Fsp3) is 0.143. The molecule has 0 saturated carbocycles. The van der Waals surface area contributed by atoms with Crippen LogP contribution < -0.4 is 5.32 Å². The summed E-state index contributed by atoms with van der Waals surface area (Å²) in [6.45, 7) is 0.265. The van der Waals surface area contributed by atoms with Gasteiger partial charge in [0, 0.05) is 22.6 Å². The molecule has 0 aliphatic heterocycles. The van der Waals surface area contributed by atoms with Crippen molar-refractivity contribution in [2.24, 2.45) is 0 Å². The average Bonchev–Trinajstić information content (AvgIpc) is 3.15. The van der Waals surface area contributed by atoms with Crippen LogP contribution in [0, 0.1) is 0 Å². The smallest absolute Gasteiger partial charge is 0.251 e. The Morgan fingerprint density at radius 2 is 1.70 bits per heavy atom. The second-order valence-corrected chi connectivity index (χ2v) is 6.99. The molecule has 1 N–H and O–H groups in total. The lowest BCUT2D eigenvalue weighted by Gasteiger charge is -2.16. The van der Waals surface area contributed by atoms with Crippen molar-refractivity contribution in [2.75, 3.05) is 13.6 Å². The summed E-state index contributed by atoms with van der Waals surface area (Å²) in [5.41, 5.74) is 1.49. The van der Waals surface area contributed by atoms with Crippen molar-refractivity contribution in [3.05, 3.63) is 82.5 Å². The molecular weight excluding hydrogens is 408 g/mol. The molecule has 0 aliphatic rings. The monoisotopic (exact) mass is 426 g/mol. The van der Waals surface area contributed by atoms with Gasteiger partial charge < -0.3 is 14.6 Å². The topological polar surface area (TPSA) is 62.6 Å². The summed E-state index contributed by atoms with van der Waals surface area (Å²) in [5, 5.41) is 2.64. The molecule has 6 heteroatoms. The van der Waals surface area contributed by atoms with Crippen LogP contribution in [0.25, 0.3) is 11.3 Å². The lowest BCUT2D eigenvalue weighted by molar-refractivity contribution is -0.129. The van der Waals surface area contributed by atoms with Gasteiger partial charge in [0.1, 0.15) is 11.5 Å². The Bertz CT molecular complexity index is 920. The van der Waals surface area contributed by atoms with E-state index in [-0.39, 0.29) is 18.4 Å². The maximum absolute atomic E-state index is 12.3. The molecule has 138 valence electrons. The summed E-state index contributed by atoms with van der Waals surface area (Å²) < 4.78 is 6.83. The Hall–Kier alpha value is -2.86. The van der Waals surface area contributed by atoms with Crippen molar-refractivity contribution < 1.29 is 14.0 Å². The summed E-state index contributed by atoms with van der Waals surface area (Å²) in [4.78, 5) is 25.8. The van der Waals surface area contributed by atoms with Crippen LogP contribution in [0.1, 0.15) is 16.1 Å². The third kappa shape index (κ3) is 5.08. The summed E-state index contributed by atoms with van der Waals surface area (Å²) in [6, 6.07) is 20.4. The molecule has 1 heterocycles. The number of rotatable bonds is 6. The van der Waals surface area contributed by atoms with Gasteiger partial charge in [0.2, 0.25) is 5.91 Å². The maximum Gasteiger partial charge on any atom is 0.251 e. The molecule has 2 aromatic carbocycles. The van der Waals surface area contributed by atoms with Crippen LogP contribution in [-0.4, -0.2) is 30.3 Å². The second kappa shape index (κ2) is 8.68. The normalized spacial score (nSPS) is 10.4. The van der Waals surface area contributed by atoms with Gasteiger partial charge in [0.15, 0.2) is 0 Å². The number of hydrogen-bond donors (Lipinski definition) is 1. The number of carbonyl (C=O) groups is 2. The van der Waals surface area contributed by atoms with Gasteiger partial charge in [-0.2, -0.15) is 0 Å². The molecule has 0 radical (unpaired) electrons. The zero-order valence-corrected chi connectivity index (χ0v) is 16.4. The van der Waals surface area contributed by atoms with E-state index in [4.69, 9.17) is 4.42 Å². The number of carbonyl (C=O) groups excluding carboxylic acids is 2. The number of benzene rings is 2. The van der Waals surface area contributed by atoms with Crippen molar-refractivity contribution in [3.63, 3.8) is 0 Å². The standard InChI is InChI=1S/C21H19BrN2O3/c1-24(20(25)13-23-21(26)16-5-3-2-4-6-16)14-18-11-12-19(27-18)15-7-9-17(22)10-8-15/h2-12H,13-14H2,1H3,(H,23,26). The van der Waals surface area contributed by atoms with Gasteiger partial charge in [-0.15, -0.1) is 0 Å². The minimum absolute atomic E-state index is 0.0650. The van der Waals surface area contributed by atoms with Crippen LogP contribution in [0.2, 0.25) is 0 Å². The minimum atomic E-state index is -0.270. The number of nitrogens with zero attached hydrogens (tertiary/aromatic N) is 1. The first-order valence-corrected chi connectivity index (χ1v) is 9.24. The largest absolute Gasteiger partial charge is 0.459 e. The molecule has 0 atom stereocenters. The van der Waals surface area contributed by atoms with Crippen LogP contribution in [0.15, 0.2) is 75.6 Å². The van der Waals surface area contributed by atoms with E-state index < -0.39 is 0 Å². The van der Waals surface area contributed by atoms with Gasteiger partial charge in [0.05, 0.1) is 13.1 Å². The zero-order valence-electron chi connectivity index (χ0n) is 14.8. The number of amides is 2. The highest BCUT2D eigenvalue weighted by Crippen LogP contribution is 2.24. The van der Waals surface area contributed by atoms with Crippen LogP contribution in [0.5, 0.6) is 0 Å². The van der Waals surface area contributed by atoms with Crippen molar-refractivity contribution in [3.8, 4) is 11.3 Å². The lowest BCUT2D eigenvalue weighted by atomic mass is 10.2. The van der Waals surface area contributed by atoms with Crippen LogP contribution in [-0.2, 0) is 11.3 Å². The molecular formula is C21H19BrN2O3. The molecule has 3 rings (SSSR count). The summed E-state index contributed by atoms with van der Waals surface area (Å²) in [6.07, 6.45) is 0. The second-order valence-electron chi connectivity index (χ2n) is 6.07. The molecule has 0 aliphatic carbocycles. The van der Waals surface area contributed by atoms with Crippen molar-refractivity contribution in [1.82, 2.24) is 10.2 Å². The highest BCUT2D eigenvalue weighted by atomic mass is 79.9. The molecule has 3 aromatic rings. The Kier molecular flexibility index (Phi) is 6.08. The molecule has 2 amide bonds. The quantitative estimate of drug-likeness (QED) is 0.645. The number of nitrogens with one attached hydrogen (secondary N) is 1. The fourth-order valence-corrected chi connectivity index (χ4v) is 2.80. The Balaban J connectivity index is 1.54. The number of hydrogen-bond acceptors (Lipinski definition) is 3. The number of furan rings is 1. The van der Waals surface area contributed by atoms with E-state index in [9.17, 15) is 9.59 Å². The van der Waals surface area contributed by atoms with E-state index in [1.807, 2.05) is 42.5 Å². The first-order chi connectivity index (χ1) is 13.0. The van der Waals surface area contributed by atoms with Gasteiger partial charge in [-0.25, -0.2) is 0 Å². The lowest BCUT2D eigenvalue weighted by Crippen LogP contribution is -2.37. The highest BCUT2D eigenvalue weighted by molar-refractivity contribution is 9.10. The third-order valence-electron chi connectivity index (χ3n) is 4.05. The Morgan fingerprint density at radius 1 is 1.00 bits per heavy atom. The van der Waals surface area contributed by atoms with Crippen LogP contribution in [0.4, 0.5) is 0 Å². The first-order valence-electron chi connectivity index (χ1n) is 8.45. The minimum Gasteiger partial charge on any atom is -0.459 e. The van der Waals surface area contributed by atoms with E-state index in [0.29, 0.717) is 17.9 Å². The number of halogens is 1. The SMILES string of the molecule is CN(Cc1ccc(-c2ccc(Br)cc2)o1)C(=O)CNC(=O)c1ccccc1. The van der Waals surface area contributed by atoms with Gasteiger partial charge in [-0.05, 0) is 36.4 Å². The van der Waals surface area contributed by atoms with E-state index in [1.165, 1.54) is 4.90 Å². The number of likely N-dealkylation sites (N-methyl/N-ethyl adjacent to an activating group) is 1. The van der Waals surface area contributed by atoms with Crippen molar-refractivity contribution in [2.45, 2.75) is 6.54 Å². The summed E-state index contributed by atoms with van der Waals surface area (Å²) in [7, 11) is 1.68. The molecule has 5 nitrogen and oxygen atoms in total. The first kappa shape index (κ1) is 18.9. The fourth-order valence-electron chi connectivity index (χ4n) is 2.54. The highest BCUT2D eigenvalue weighted by Gasteiger charge is 2.14. The van der Waals surface area contributed by atoms with Gasteiger partial charge in [0.25, 0.3) is 5.91 Å². The predicted molar refractivity (Wildman–Crippen MR) is 107 cm³/mol. The molecule has 0 fully saturated rings. The summed E-state index contributed by atoms with van der Waals surface area (Å²) in [5.74, 6) is 0.961. The van der Waals surface area contributed by atoms with E-state index in [2.05, 4.69) is 21.2 Å². The molecule has 0 spiro atoms. The van der Waals surface area contributed by atoms with Gasteiger partial charge in [-0.1, -0.05) is 46.3 Å². The average molecular weight is 427 g/mol. The van der Waals surface area contributed by atoms with Crippen LogP contribution >= 0.6 is 15.9 Å². The third-order valence-corrected chi connectivity index (χ3v) is 4.57. The molecule has 0 bridgehead atoms. The molecule has 0 unspecified atom stereocenters. The van der Waals surface area contributed by atoms with Crippen LogP contribution in [0.3, 0.4) is 0 Å². The van der Waals surface area contributed by atoms with E-state index >= 15 is 0 Å². The molecule has 27 heavy (non-hydrogen) atoms. The summed E-state index contributed by atoms with van der Waals surface area (Å²) >= 11 is 3.41. The van der Waals surface area contributed by atoms with Crippen molar-refractivity contribution in [1.29, 1.82) is 0 Å². The zero-order chi connectivity index (χ0) is 19.2. The molecule has 0 saturated heterocycles. The van der Waals surface area contributed by atoms with Gasteiger partial charge >= 0.3 is 0 Å². The molecule has 1 aromatic heterocycles. The predicted octanol–water partition coefficient (Wildman–Crippen LogP) is 4.10. The van der Waals surface area contributed by atoms with E-state index in [1.54, 1.807) is 31.3 Å². The van der Waals surface area contributed by atoms with Crippen molar-refractivity contribution >= 4 is 27.7 Å². The van der Waals surface area contributed by atoms with Gasteiger partial charge in [-0.3, -0.25) is 9.59 Å². The Morgan fingerprint density at radius 3 is 2.41 bits per heavy atom.